The third kappa shape index (κ3) is 3.74. The van der Waals surface area contributed by atoms with Gasteiger partial charge in [-0.1, -0.05) is 23.9 Å². The second-order valence-corrected chi connectivity index (χ2v) is 5.90. The highest BCUT2D eigenvalue weighted by molar-refractivity contribution is 7.99. The van der Waals surface area contributed by atoms with E-state index < -0.39 is 0 Å². The molecule has 0 spiro atoms. The standard InChI is InChI=1S/C14H18N4O2S/c1-19-12-6-4-11(5-7-12)9-18-14(15-16-17-18)21-10-13-3-2-8-20-13/h4-7,13H,2-3,8-10H2,1H3. The largest absolute Gasteiger partial charge is 0.497 e. The molecule has 6 nitrogen and oxygen atoms in total. The molecule has 0 radical (unpaired) electrons. The van der Waals surface area contributed by atoms with Crippen LogP contribution in [-0.2, 0) is 11.3 Å². The van der Waals surface area contributed by atoms with Crippen molar-refractivity contribution in [1.29, 1.82) is 0 Å². The van der Waals surface area contributed by atoms with Crippen LogP contribution in [0.1, 0.15) is 18.4 Å². The average molecular weight is 306 g/mol. The van der Waals surface area contributed by atoms with E-state index in [2.05, 4.69) is 15.5 Å². The molecule has 1 aliphatic heterocycles. The molecular formula is C14H18N4O2S. The first-order valence-corrected chi connectivity index (χ1v) is 7.97. The molecule has 1 aliphatic rings. The van der Waals surface area contributed by atoms with Gasteiger partial charge in [0, 0.05) is 12.4 Å². The van der Waals surface area contributed by atoms with Gasteiger partial charge in [0.15, 0.2) is 0 Å². The van der Waals surface area contributed by atoms with Gasteiger partial charge in [-0.3, -0.25) is 0 Å². The molecule has 0 amide bonds. The van der Waals surface area contributed by atoms with Gasteiger partial charge >= 0.3 is 0 Å². The number of ether oxygens (including phenoxy) is 2. The monoisotopic (exact) mass is 306 g/mol. The van der Waals surface area contributed by atoms with Gasteiger partial charge < -0.3 is 9.47 Å². The van der Waals surface area contributed by atoms with Gasteiger partial charge in [0.25, 0.3) is 0 Å². The van der Waals surface area contributed by atoms with Crippen molar-refractivity contribution < 1.29 is 9.47 Å². The molecule has 112 valence electrons. The maximum Gasteiger partial charge on any atom is 0.209 e. The molecule has 1 unspecified atom stereocenters. The van der Waals surface area contributed by atoms with E-state index in [4.69, 9.17) is 9.47 Å². The Morgan fingerprint density at radius 3 is 2.95 bits per heavy atom. The van der Waals surface area contributed by atoms with Crippen molar-refractivity contribution in [2.45, 2.75) is 30.6 Å². The Morgan fingerprint density at radius 2 is 2.24 bits per heavy atom. The lowest BCUT2D eigenvalue weighted by Gasteiger charge is -2.09. The average Bonchev–Trinajstić information content (AvgIpc) is 3.17. The number of hydrogen-bond donors (Lipinski definition) is 0. The molecule has 7 heteroatoms. The summed E-state index contributed by atoms with van der Waals surface area (Å²) in [6.07, 6.45) is 2.62. The zero-order valence-electron chi connectivity index (χ0n) is 11.9. The van der Waals surface area contributed by atoms with Crippen molar-refractivity contribution in [2.24, 2.45) is 0 Å². The Kier molecular flexibility index (Phi) is 4.72. The van der Waals surface area contributed by atoms with Gasteiger partial charge in [0.05, 0.1) is 19.8 Å². The number of methoxy groups -OCH3 is 1. The molecule has 1 atom stereocenters. The molecular weight excluding hydrogens is 288 g/mol. The number of benzene rings is 1. The van der Waals surface area contributed by atoms with Crippen LogP contribution in [0.15, 0.2) is 29.4 Å². The second kappa shape index (κ2) is 6.91. The summed E-state index contributed by atoms with van der Waals surface area (Å²) in [6, 6.07) is 7.93. The molecule has 1 aromatic heterocycles. The number of hydrogen-bond acceptors (Lipinski definition) is 6. The van der Waals surface area contributed by atoms with E-state index in [0.717, 1.165) is 41.7 Å². The Labute approximate surface area is 127 Å². The third-order valence-electron chi connectivity index (χ3n) is 3.41. The highest BCUT2D eigenvalue weighted by Gasteiger charge is 2.17. The normalized spacial score (nSPS) is 18.0. The molecule has 1 fully saturated rings. The quantitative estimate of drug-likeness (QED) is 0.761. The van der Waals surface area contributed by atoms with Gasteiger partial charge in [-0.15, -0.1) is 5.10 Å². The summed E-state index contributed by atoms with van der Waals surface area (Å²) in [6.45, 7) is 1.53. The Bertz CT molecular complexity index is 567. The molecule has 0 bridgehead atoms. The maximum atomic E-state index is 5.62. The highest BCUT2D eigenvalue weighted by Crippen LogP contribution is 2.22. The first-order valence-electron chi connectivity index (χ1n) is 6.98. The number of rotatable bonds is 6. The first kappa shape index (κ1) is 14.3. The molecule has 1 aromatic carbocycles. The minimum atomic E-state index is 0.334. The zero-order chi connectivity index (χ0) is 14.5. The fourth-order valence-corrected chi connectivity index (χ4v) is 3.19. The highest BCUT2D eigenvalue weighted by atomic mass is 32.2. The van der Waals surface area contributed by atoms with E-state index in [-0.39, 0.29) is 0 Å². The molecule has 2 aromatic rings. The van der Waals surface area contributed by atoms with Crippen molar-refractivity contribution in [3.05, 3.63) is 29.8 Å². The van der Waals surface area contributed by atoms with Crippen LogP contribution in [0.5, 0.6) is 5.75 Å². The van der Waals surface area contributed by atoms with E-state index in [1.807, 2.05) is 28.9 Å². The van der Waals surface area contributed by atoms with Gasteiger partial charge in [-0.05, 0) is 41.0 Å². The van der Waals surface area contributed by atoms with Crippen molar-refractivity contribution in [2.75, 3.05) is 19.5 Å². The summed E-state index contributed by atoms with van der Waals surface area (Å²) in [4.78, 5) is 0. The smallest absolute Gasteiger partial charge is 0.209 e. The van der Waals surface area contributed by atoms with Crippen molar-refractivity contribution in [3.63, 3.8) is 0 Å². The molecule has 2 heterocycles. The van der Waals surface area contributed by atoms with Gasteiger partial charge in [-0.25, -0.2) is 4.68 Å². The number of nitrogens with zero attached hydrogens (tertiary/aromatic N) is 4. The molecule has 0 N–H and O–H groups in total. The van der Waals surface area contributed by atoms with Crippen molar-refractivity contribution in [3.8, 4) is 5.75 Å². The zero-order valence-corrected chi connectivity index (χ0v) is 12.8. The SMILES string of the molecule is COc1ccc(Cn2nnnc2SCC2CCCO2)cc1. The van der Waals surface area contributed by atoms with Gasteiger partial charge in [0.2, 0.25) is 5.16 Å². The summed E-state index contributed by atoms with van der Waals surface area (Å²) in [5.74, 6) is 1.76. The summed E-state index contributed by atoms with van der Waals surface area (Å²) in [7, 11) is 1.66. The molecule has 1 saturated heterocycles. The number of aromatic nitrogens is 4. The van der Waals surface area contributed by atoms with Crippen LogP contribution in [0.2, 0.25) is 0 Å². The summed E-state index contributed by atoms with van der Waals surface area (Å²) in [5, 5.41) is 12.8. The van der Waals surface area contributed by atoms with Gasteiger partial charge in [-0.2, -0.15) is 0 Å². The number of tetrazole rings is 1. The molecule has 21 heavy (non-hydrogen) atoms. The minimum Gasteiger partial charge on any atom is -0.497 e. The van der Waals surface area contributed by atoms with Crippen molar-refractivity contribution >= 4 is 11.8 Å². The fourth-order valence-electron chi connectivity index (χ4n) is 2.25. The molecule has 3 rings (SSSR count). The maximum absolute atomic E-state index is 5.62. The third-order valence-corrected chi connectivity index (χ3v) is 4.50. The minimum absolute atomic E-state index is 0.334. The lowest BCUT2D eigenvalue weighted by Crippen LogP contribution is -2.10. The van der Waals surface area contributed by atoms with Crippen LogP contribution < -0.4 is 4.74 Å². The number of thioether (sulfide) groups is 1. The second-order valence-electron chi connectivity index (χ2n) is 4.91. The van der Waals surface area contributed by atoms with E-state index in [1.165, 1.54) is 0 Å². The first-order chi connectivity index (χ1) is 10.3. The molecule has 0 aliphatic carbocycles. The van der Waals surface area contributed by atoms with E-state index in [1.54, 1.807) is 18.9 Å². The Hall–Kier alpha value is -1.60. The van der Waals surface area contributed by atoms with Crippen LogP contribution >= 0.6 is 11.8 Å². The predicted octanol–water partition coefficient (Wildman–Crippen LogP) is 2.00. The van der Waals surface area contributed by atoms with Crippen LogP contribution in [-0.4, -0.2) is 45.8 Å². The summed E-state index contributed by atoms with van der Waals surface area (Å²) < 4.78 is 12.6. The van der Waals surface area contributed by atoms with Gasteiger partial charge in [0.1, 0.15) is 5.75 Å². The van der Waals surface area contributed by atoms with Crippen LogP contribution in [0.3, 0.4) is 0 Å². The van der Waals surface area contributed by atoms with Crippen LogP contribution in [0.25, 0.3) is 0 Å². The van der Waals surface area contributed by atoms with E-state index in [9.17, 15) is 0 Å². The van der Waals surface area contributed by atoms with Crippen molar-refractivity contribution in [1.82, 2.24) is 20.2 Å². The predicted molar refractivity (Wildman–Crippen MR) is 79.6 cm³/mol. The van der Waals surface area contributed by atoms with Crippen LogP contribution in [0.4, 0.5) is 0 Å². The van der Waals surface area contributed by atoms with E-state index >= 15 is 0 Å². The molecule has 0 saturated carbocycles. The fraction of sp³-hybridized carbons (Fsp3) is 0.500. The summed E-state index contributed by atoms with van der Waals surface area (Å²) >= 11 is 1.66. The Balaban J connectivity index is 1.61. The van der Waals surface area contributed by atoms with E-state index in [0.29, 0.717) is 12.6 Å². The topological polar surface area (TPSA) is 62.1 Å². The Morgan fingerprint density at radius 1 is 1.38 bits per heavy atom. The summed E-state index contributed by atoms with van der Waals surface area (Å²) in [5.41, 5.74) is 1.14. The lowest BCUT2D eigenvalue weighted by atomic mass is 10.2. The van der Waals surface area contributed by atoms with Crippen LogP contribution in [0, 0.1) is 0 Å². The lowest BCUT2D eigenvalue weighted by molar-refractivity contribution is 0.129.